The van der Waals surface area contributed by atoms with Crippen molar-refractivity contribution in [2.24, 2.45) is 0 Å². The Hall–Kier alpha value is -2.66. The topological polar surface area (TPSA) is 46.6 Å². The van der Waals surface area contributed by atoms with Gasteiger partial charge in [0.1, 0.15) is 6.61 Å². The Morgan fingerprint density at radius 1 is 1.21 bits per heavy atom. The van der Waals surface area contributed by atoms with Crippen LogP contribution in [0.25, 0.3) is 0 Å². The Morgan fingerprint density at radius 2 is 1.96 bits per heavy atom. The first kappa shape index (κ1) is 20.1. The maximum Gasteiger partial charge on any atom is 0.416 e. The quantitative estimate of drug-likeness (QED) is 0.535. The summed E-state index contributed by atoms with van der Waals surface area (Å²) < 4.78 is 5.20. The summed E-state index contributed by atoms with van der Waals surface area (Å²) in [6.07, 6.45) is 3.00. The average molecular weight is 393 g/mol. The molecule has 0 bridgehead atoms. The van der Waals surface area contributed by atoms with Gasteiger partial charge in [0, 0.05) is 0 Å². The molecule has 145 valence electrons. The predicted molar refractivity (Wildman–Crippen MR) is 113 cm³/mol. The fourth-order valence-electron chi connectivity index (χ4n) is 3.59. The van der Waals surface area contributed by atoms with E-state index in [1.54, 1.807) is 0 Å². The van der Waals surface area contributed by atoms with Crippen molar-refractivity contribution in [2.45, 2.75) is 38.4 Å². The average Bonchev–Trinajstić information content (AvgIpc) is 3.04. The van der Waals surface area contributed by atoms with Gasteiger partial charge in [-0.05, 0) is 29.5 Å². The van der Waals surface area contributed by atoms with Gasteiger partial charge in [0.2, 0.25) is 5.91 Å². The van der Waals surface area contributed by atoms with Crippen LogP contribution in [0, 0.1) is 0 Å². The van der Waals surface area contributed by atoms with Crippen LogP contribution in [0.4, 0.5) is 4.79 Å². The summed E-state index contributed by atoms with van der Waals surface area (Å²) in [7, 11) is -0.746. The molecule has 1 atom stereocenters. The van der Waals surface area contributed by atoms with Gasteiger partial charge in [-0.25, -0.2) is 9.69 Å². The zero-order chi connectivity index (χ0) is 20.1. The van der Waals surface area contributed by atoms with Crippen molar-refractivity contribution in [1.82, 2.24) is 4.90 Å². The third-order valence-electron chi connectivity index (χ3n) is 4.98. The highest BCUT2D eigenvalue weighted by atomic mass is 28.3. The minimum Gasteiger partial charge on any atom is -0.447 e. The minimum atomic E-state index is -0.746. The summed E-state index contributed by atoms with van der Waals surface area (Å²) in [5.74, 6) is -0.190. The molecule has 1 fully saturated rings. The van der Waals surface area contributed by atoms with E-state index in [4.69, 9.17) is 4.74 Å². The largest absolute Gasteiger partial charge is 0.447 e. The fourth-order valence-corrected chi connectivity index (χ4v) is 4.88. The van der Waals surface area contributed by atoms with E-state index in [1.807, 2.05) is 48.5 Å². The highest BCUT2D eigenvalue weighted by Gasteiger charge is 2.37. The van der Waals surface area contributed by atoms with E-state index in [1.165, 1.54) is 15.7 Å². The third kappa shape index (κ3) is 4.60. The van der Waals surface area contributed by atoms with E-state index in [-0.39, 0.29) is 25.0 Å². The molecule has 2 aromatic carbocycles. The molecule has 5 heteroatoms. The Balaban J connectivity index is 1.79. The van der Waals surface area contributed by atoms with Crippen LogP contribution in [0.1, 0.15) is 16.7 Å². The van der Waals surface area contributed by atoms with Crippen molar-refractivity contribution >= 4 is 26.0 Å². The molecule has 2 aromatic rings. The standard InChI is InChI=1S/C23H26NO3Si/c1-4-8-17-11-12-19(21(14-17)28(2)3)15-22(25)24-20(16-27-23(24)26)13-18-9-6-5-7-10-18/h4-7,9-12,14,20H,1,8,13,15-16H2,2-3H3/t20-/m0/s1. The number of allylic oxidation sites excluding steroid dienone is 1. The van der Waals surface area contributed by atoms with Crippen molar-refractivity contribution in [3.05, 3.63) is 77.9 Å². The molecule has 0 aliphatic carbocycles. The van der Waals surface area contributed by atoms with Gasteiger partial charge >= 0.3 is 6.09 Å². The summed E-state index contributed by atoms with van der Waals surface area (Å²) >= 11 is 0. The first-order valence-corrected chi connectivity index (χ1v) is 12.1. The lowest BCUT2D eigenvalue weighted by Crippen LogP contribution is -2.42. The van der Waals surface area contributed by atoms with Gasteiger partial charge < -0.3 is 4.74 Å². The molecular formula is C23H26NO3Si. The molecule has 0 spiro atoms. The summed E-state index contributed by atoms with van der Waals surface area (Å²) in [4.78, 5) is 26.6. The molecular weight excluding hydrogens is 366 g/mol. The van der Waals surface area contributed by atoms with Crippen molar-refractivity contribution < 1.29 is 14.3 Å². The predicted octanol–water partition coefficient (Wildman–Crippen LogP) is 3.51. The van der Waals surface area contributed by atoms with Crippen LogP contribution >= 0.6 is 0 Å². The smallest absolute Gasteiger partial charge is 0.416 e. The molecule has 0 unspecified atom stereocenters. The number of carbonyl (C=O) groups excluding carboxylic acids is 2. The summed E-state index contributed by atoms with van der Waals surface area (Å²) in [6, 6.07) is 15.9. The number of amides is 2. The van der Waals surface area contributed by atoms with E-state index in [0.29, 0.717) is 6.42 Å². The Kier molecular flexibility index (Phi) is 6.47. The molecule has 1 aliphatic rings. The van der Waals surface area contributed by atoms with E-state index >= 15 is 0 Å². The Morgan fingerprint density at radius 3 is 2.64 bits per heavy atom. The molecule has 4 nitrogen and oxygen atoms in total. The summed E-state index contributed by atoms with van der Waals surface area (Å²) in [6.45, 7) is 8.48. The second-order valence-corrected chi connectivity index (χ2v) is 9.88. The lowest BCUT2D eigenvalue weighted by Gasteiger charge is -2.21. The third-order valence-corrected chi connectivity index (χ3v) is 6.52. The molecule has 2 amide bonds. The van der Waals surface area contributed by atoms with E-state index in [2.05, 4.69) is 25.7 Å². The molecule has 0 saturated carbocycles. The van der Waals surface area contributed by atoms with E-state index in [9.17, 15) is 9.59 Å². The molecule has 28 heavy (non-hydrogen) atoms. The normalized spacial score (nSPS) is 16.3. The number of carbonyl (C=O) groups is 2. The Bertz CT molecular complexity index is 863. The minimum absolute atomic E-state index is 0.190. The number of hydrogen-bond donors (Lipinski definition) is 0. The molecule has 3 rings (SSSR count). The van der Waals surface area contributed by atoms with Gasteiger partial charge in [0.05, 0.1) is 21.3 Å². The summed E-state index contributed by atoms with van der Waals surface area (Å²) in [5.41, 5.74) is 3.30. The van der Waals surface area contributed by atoms with Crippen LogP contribution in [-0.4, -0.2) is 38.3 Å². The van der Waals surface area contributed by atoms with Gasteiger partial charge in [-0.1, -0.05) is 72.9 Å². The van der Waals surface area contributed by atoms with Crippen LogP contribution in [-0.2, 0) is 28.8 Å². The van der Waals surface area contributed by atoms with Gasteiger partial charge in [-0.3, -0.25) is 4.79 Å². The fraction of sp³-hybridized carbons (Fsp3) is 0.304. The molecule has 1 aliphatic heterocycles. The zero-order valence-electron chi connectivity index (χ0n) is 16.5. The molecule has 0 aromatic heterocycles. The van der Waals surface area contributed by atoms with Crippen molar-refractivity contribution in [3.63, 3.8) is 0 Å². The SMILES string of the molecule is C=CCc1ccc(CC(=O)N2C(=O)OC[C@@H]2Cc2ccccc2)c([Si](C)C)c1. The van der Waals surface area contributed by atoms with E-state index < -0.39 is 14.9 Å². The molecule has 1 heterocycles. The van der Waals surface area contributed by atoms with Crippen LogP contribution < -0.4 is 5.19 Å². The maximum atomic E-state index is 13.0. The number of benzene rings is 2. The number of hydrogen-bond acceptors (Lipinski definition) is 3. The first-order chi connectivity index (χ1) is 13.5. The van der Waals surface area contributed by atoms with Crippen LogP contribution in [0.15, 0.2) is 61.2 Å². The van der Waals surface area contributed by atoms with Crippen LogP contribution in [0.3, 0.4) is 0 Å². The van der Waals surface area contributed by atoms with Crippen molar-refractivity contribution in [2.75, 3.05) is 6.61 Å². The number of cyclic esters (lactones) is 1. The van der Waals surface area contributed by atoms with Crippen LogP contribution in [0.5, 0.6) is 0 Å². The lowest BCUT2D eigenvalue weighted by atomic mass is 10.0. The molecule has 0 N–H and O–H groups in total. The van der Waals surface area contributed by atoms with Crippen molar-refractivity contribution in [3.8, 4) is 0 Å². The second-order valence-electron chi connectivity index (χ2n) is 7.35. The zero-order valence-corrected chi connectivity index (χ0v) is 17.5. The van der Waals surface area contributed by atoms with Gasteiger partial charge in [-0.15, -0.1) is 6.58 Å². The van der Waals surface area contributed by atoms with Gasteiger partial charge in [-0.2, -0.15) is 0 Å². The highest BCUT2D eigenvalue weighted by Crippen LogP contribution is 2.19. The Labute approximate surface area is 168 Å². The van der Waals surface area contributed by atoms with Gasteiger partial charge in [0.15, 0.2) is 0 Å². The molecule has 1 saturated heterocycles. The number of imide groups is 1. The van der Waals surface area contributed by atoms with Crippen molar-refractivity contribution in [1.29, 1.82) is 0 Å². The van der Waals surface area contributed by atoms with Crippen LogP contribution in [0.2, 0.25) is 13.1 Å². The first-order valence-electron chi connectivity index (χ1n) is 9.55. The number of ether oxygens (including phenoxy) is 1. The van der Waals surface area contributed by atoms with Gasteiger partial charge in [0.25, 0.3) is 0 Å². The van der Waals surface area contributed by atoms with E-state index in [0.717, 1.165) is 17.5 Å². The second kappa shape index (κ2) is 9.02. The lowest BCUT2D eigenvalue weighted by molar-refractivity contribution is -0.128. The maximum absolute atomic E-state index is 13.0. The number of nitrogens with zero attached hydrogens (tertiary/aromatic N) is 1. The number of rotatable bonds is 7. The highest BCUT2D eigenvalue weighted by molar-refractivity contribution is 6.71. The monoisotopic (exact) mass is 392 g/mol. The summed E-state index contributed by atoms with van der Waals surface area (Å²) in [5, 5.41) is 1.24. The molecule has 1 radical (unpaired) electrons.